The first kappa shape index (κ1) is 12.0. The molecule has 0 amide bonds. The molecule has 0 radical (unpaired) electrons. The van der Waals surface area contributed by atoms with E-state index in [-0.39, 0.29) is 0 Å². The van der Waals surface area contributed by atoms with E-state index in [2.05, 4.69) is 59.5 Å². The van der Waals surface area contributed by atoms with Crippen LogP contribution in [0.25, 0.3) is 5.57 Å². The molecule has 2 nitrogen and oxygen atoms in total. The van der Waals surface area contributed by atoms with E-state index in [1.807, 2.05) is 12.1 Å². The third kappa shape index (κ3) is 2.85. The number of para-hydroxylation sites is 1. The van der Waals surface area contributed by atoms with Crippen LogP contribution >= 0.6 is 0 Å². The molecule has 0 bridgehead atoms. The molecule has 3 rings (SSSR count). The average Bonchev–Trinajstić information content (AvgIpc) is 2.75. The van der Waals surface area contributed by atoms with Crippen molar-refractivity contribution in [3.8, 4) is 0 Å². The fraction of sp³-hybridized carbons (Fsp3) is 0.176. The maximum Gasteiger partial charge on any atom is 0.119 e. The minimum atomic E-state index is 0.636. The van der Waals surface area contributed by atoms with Gasteiger partial charge in [0.05, 0.1) is 6.61 Å². The first-order valence-corrected chi connectivity index (χ1v) is 6.56. The Morgan fingerprint density at radius 1 is 0.842 bits per heavy atom. The van der Waals surface area contributed by atoms with Crippen LogP contribution in [-0.4, -0.2) is 19.9 Å². The second-order valence-corrected chi connectivity index (χ2v) is 4.63. The Labute approximate surface area is 113 Å². The van der Waals surface area contributed by atoms with Crippen LogP contribution in [0.4, 0.5) is 5.69 Å². The molecular weight excluding hydrogens is 234 g/mol. The first-order valence-electron chi connectivity index (χ1n) is 6.56. The Kier molecular flexibility index (Phi) is 3.61. The second kappa shape index (κ2) is 5.72. The summed E-state index contributed by atoms with van der Waals surface area (Å²) in [5.41, 5.74) is 3.71. The van der Waals surface area contributed by atoms with Crippen LogP contribution in [0.2, 0.25) is 0 Å². The quantitative estimate of drug-likeness (QED) is 0.809. The van der Waals surface area contributed by atoms with Gasteiger partial charge in [-0.1, -0.05) is 54.6 Å². The molecule has 0 fully saturated rings. The summed E-state index contributed by atoms with van der Waals surface area (Å²) in [5.74, 6) is 0. The van der Waals surface area contributed by atoms with Crippen LogP contribution < -0.4 is 4.90 Å². The highest BCUT2D eigenvalue weighted by molar-refractivity contribution is 5.67. The van der Waals surface area contributed by atoms with Gasteiger partial charge in [-0.15, -0.1) is 0 Å². The molecule has 0 atom stereocenters. The molecule has 0 saturated heterocycles. The number of benzene rings is 2. The van der Waals surface area contributed by atoms with Crippen molar-refractivity contribution >= 4 is 11.3 Å². The molecule has 0 unspecified atom stereocenters. The molecule has 2 aromatic carbocycles. The second-order valence-electron chi connectivity index (χ2n) is 4.63. The minimum Gasteiger partial charge on any atom is -0.356 e. The highest BCUT2D eigenvalue weighted by atomic mass is 16.5. The standard InChI is InChI=1S/C17H17NO/c1-3-7-15(8-4-1)16-11-12-18(14-19-13-16)17-9-5-2-6-10-17/h1-11H,12-14H2. The lowest BCUT2D eigenvalue weighted by molar-refractivity contribution is 0.172. The molecule has 2 aromatic rings. The third-order valence-corrected chi connectivity index (χ3v) is 3.33. The molecule has 1 aliphatic heterocycles. The van der Waals surface area contributed by atoms with Crippen molar-refractivity contribution in [1.82, 2.24) is 0 Å². The van der Waals surface area contributed by atoms with Crippen molar-refractivity contribution in [2.75, 3.05) is 24.8 Å². The zero-order valence-corrected chi connectivity index (χ0v) is 10.8. The largest absolute Gasteiger partial charge is 0.356 e. The summed E-state index contributed by atoms with van der Waals surface area (Å²) in [6.07, 6.45) is 2.26. The number of hydrogen-bond acceptors (Lipinski definition) is 2. The van der Waals surface area contributed by atoms with E-state index in [0.717, 1.165) is 6.54 Å². The van der Waals surface area contributed by atoms with Gasteiger partial charge in [0, 0.05) is 12.2 Å². The number of rotatable bonds is 2. The molecule has 1 heterocycles. The molecule has 1 aliphatic rings. The topological polar surface area (TPSA) is 12.5 Å². The summed E-state index contributed by atoms with van der Waals surface area (Å²) in [7, 11) is 0. The van der Waals surface area contributed by atoms with Gasteiger partial charge in [0.15, 0.2) is 0 Å². The van der Waals surface area contributed by atoms with Gasteiger partial charge in [0.25, 0.3) is 0 Å². The van der Waals surface area contributed by atoms with Gasteiger partial charge in [0.2, 0.25) is 0 Å². The van der Waals surface area contributed by atoms with Gasteiger partial charge in [-0.05, 0) is 23.3 Å². The zero-order valence-electron chi connectivity index (χ0n) is 10.8. The van der Waals surface area contributed by atoms with E-state index >= 15 is 0 Å². The average molecular weight is 251 g/mol. The fourth-order valence-corrected chi connectivity index (χ4v) is 2.27. The Hall–Kier alpha value is -2.06. The minimum absolute atomic E-state index is 0.636. The summed E-state index contributed by atoms with van der Waals surface area (Å²) in [6.45, 7) is 2.19. The van der Waals surface area contributed by atoms with Crippen molar-refractivity contribution in [3.05, 3.63) is 72.3 Å². The molecule has 0 aliphatic carbocycles. The number of ether oxygens (including phenoxy) is 1. The Bertz CT molecular complexity index is 548. The SMILES string of the molecule is C1=C(c2ccccc2)COCN(c2ccccc2)C1. The van der Waals surface area contributed by atoms with Gasteiger partial charge in [-0.3, -0.25) is 0 Å². The van der Waals surface area contributed by atoms with Gasteiger partial charge in [-0.2, -0.15) is 0 Å². The molecule has 0 saturated carbocycles. The summed E-state index contributed by atoms with van der Waals surface area (Å²) >= 11 is 0. The highest BCUT2D eigenvalue weighted by Crippen LogP contribution is 2.20. The number of hydrogen-bond donors (Lipinski definition) is 0. The molecule has 2 heteroatoms. The van der Waals surface area contributed by atoms with Crippen molar-refractivity contribution in [1.29, 1.82) is 0 Å². The summed E-state index contributed by atoms with van der Waals surface area (Å²) in [6, 6.07) is 20.8. The van der Waals surface area contributed by atoms with Crippen molar-refractivity contribution in [2.24, 2.45) is 0 Å². The highest BCUT2D eigenvalue weighted by Gasteiger charge is 2.11. The zero-order chi connectivity index (χ0) is 12.9. The normalized spacial score (nSPS) is 15.8. The van der Waals surface area contributed by atoms with Crippen LogP contribution in [0.5, 0.6) is 0 Å². The van der Waals surface area contributed by atoms with E-state index in [1.54, 1.807) is 0 Å². The Balaban J connectivity index is 1.79. The maximum absolute atomic E-state index is 5.79. The van der Waals surface area contributed by atoms with E-state index in [9.17, 15) is 0 Å². The maximum atomic E-state index is 5.79. The molecule has 0 aromatic heterocycles. The van der Waals surface area contributed by atoms with Crippen LogP contribution in [0, 0.1) is 0 Å². The molecule has 0 spiro atoms. The molecule has 0 N–H and O–H groups in total. The van der Waals surface area contributed by atoms with Gasteiger partial charge in [-0.25, -0.2) is 0 Å². The lowest BCUT2D eigenvalue weighted by atomic mass is 10.1. The third-order valence-electron chi connectivity index (χ3n) is 3.33. The van der Waals surface area contributed by atoms with Gasteiger partial charge >= 0.3 is 0 Å². The summed E-state index contributed by atoms with van der Waals surface area (Å²) < 4.78 is 5.79. The van der Waals surface area contributed by atoms with Crippen LogP contribution in [0.15, 0.2) is 66.7 Å². The van der Waals surface area contributed by atoms with Crippen molar-refractivity contribution in [2.45, 2.75) is 0 Å². The van der Waals surface area contributed by atoms with Gasteiger partial charge < -0.3 is 9.64 Å². The lowest BCUT2D eigenvalue weighted by Crippen LogP contribution is -2.24. The predicted molar refractivity (Wildman–Crippen MR) is 79.0 cm³/mol. The number of nitrogens with zero attached hydrogens (tertiary/aromatic N) is 1. The van der Waals surface area contributed by atoms with Crippen molar-refractivity contribution in [3.63, 3.8) is 0 Å². The monoisotopic (exact) mass is 251 g/mol. The smallest absolute Gasteiger partial charge is 0.119 e. The van der Waals surface area contributed by atoms with E-state index in [1.165, 1.54) is 16.8 Å². The van der Waals surface area contributed by atoms with Crippen LogP contribution in [-0.2, 0) is 4.74 Å². The first-order chi connectivity index (χ1) is 9.43. The Morgan fingerprint density at radius 3 is 2.26 bits per heavy atom. The predicted octanol–water partition coefficient (Wildman–Crippen LogP) is 3.56. The lowest BCUT2D eigenvalue weighted by Gasteiger charge is -2.20. The van der Waals surface area contributed by atoms with E-state index in [0.29, 0.717) is 13.3 Å². The van der Waals surface area contributed by atoms with Crippen molar-refractivity contribution < 1.29 is 4.74 Å². The summed E-state index contributed by atoms with van der Waals surface area (Å²) in [5, 5.41) is 0. The van der Waals surface area contributed by atoms with Crippen LogP contribution in [0.1, 0.15) is 5.56 Å². The van der Waals surface area contributed by atoms with Gasteiger partial charge in [0.1, 0.15) is 6.73 Å². The van der Waals surface area contributed by atoms with E-state index in [4.69, 9.17) is 4.74 Å². The molecule has 19 heavy (non-hydrogen) atoms. The molecule has 96 valence electrons. The summed E-state index contributed by atoms with van der Waals surface area (Å²) in [4.78, 5) is 2.23. The number of anilines is 1. The Morgan fingerprint density at radius 2 is 1.53 bits per heavy atom. The fourth-order valence-electron chi connectivity index (χ4n) is 2.27. The molecular formula is C17H17NO. The van der Waals surface area contributed by atoms with E-state index < -0.39 is 0 Å². The van der Waals surface area contributed by atoms with Crippen LogP contribution in [0.3, 0.4) is 0 Å².